The molecule has 9 nitrogen and oxygen atoms in total. The number of esters is 1. The summed E-state index contributed by atoms with van der Waals surface area (Å²) in [5.74, 6) is -3.36. The van der Waals surface area contributed by atoms with Crippen molar-refractivity contribution in [3.63, 3.8) is 0 Å². The first kappa shape index (κ1) is 31.3. The van der Waals surface area contributed by atoms with Crippen LogP contribution in [0.4, 0.5) is 22.0 Å². The number of carbonyl (C=O) groups excluding carboxylic acids is 1. The minimum Gasteiger partial charge on any atom is -0.494 e. The summed E-state index contributed by atoms with van der Waals surface area (Å²) in [6, 6.07) is 15.6. The molecule has 2 aliphatic heterocycles. The Morgan fingerprint density at radius 2 is 1.72 bits per heavy atom. The molecule has 14 heteroatoms. The highest BCUT2D eigenvalue weighted by molar-refractivity contribution is 5.78. The van der Waals surface area contributed by atoms with Crippen LogP contribution < -0.4 is 4.74 Å². The lowest BCUT2D eigenvalue weighted by Crippen LogP contribution is -2.24. The molecule has 6 rings (SSSR count). The maximum atomic E-state index is 14.5. The zero-order valence-corrected chi connectivity index (χ0v) is 24.5. The van der Waals surface area contributed by atoms with Gasteiger partial charge in [-0.25, -0.2) is 28.2 Å². The average Bonchev–Trinajstić information content (AvgIpc) is 3.72. The van der Waals surface area contributed by atoms with E-state index < -0.39 is 35.4 Å². The topological polar surface area (TPSA) is 105 Å². The lowest BCUT2D eigenvalue weighted by atomic mass is 10.0. The Bertz CT molecular complexity index is 1990. The van der Waals surface area contributed by atoms with Crippen molar-refractivity contribution < 1.29 is 40.7 Å². The molecular weight excluding hydrogens is 625 g/mol. The Kier molecular flexibility index (Phi) is 8.66. The highest BCUT2D eigenvalue weighted by Gasteiger charge is 2.36. The molecule has 0 bridgehead atoms. The number of fused-ring (bicyclic) bond motifs is 1. The van der Waals surface area contributed by atoms with E-state index >= 15 is 0 Å². The van der Waals surface area contributed by atoms with Crippen molar-refractivity contribution in [1.82, 2.24) is 24.9 Å². The summed E-state index contributed by atoms with van der Waals surface area (Å²) in [4.78, 5) is 22.1. The van der Waals surface area contributed by atoms with Crippen LogP contribution >= 0.6 is 0 Å². The Hall–Kier alpha value is -5.66. The third-order valence-electron chi connectivity index (χ3n) is 7.03. The third-order valence-corrected chi connectivity index (χ3v) is 7.03. The molecule has 0 saturated carbocycles. The van der Waals surface area contributed by atoms with Gasteiger partial charge < -0.3 is 14.0 Å². The van der Waals surface area contributed by atoms with Gasteiger partial charge in [0.1, 0.15) is 29.4 Å². The molecule has 4 aromatic rings. The SMILES string of the molecule is CCCOc1ccc(-c2cc(C(C(=O)OCc3ccccc3)n3cc4nc(-c5cccc(F)c5F)nc-4cn3)on2)c(C(F)(F)F)c1. The van der Waals surface area contributed by atoms with Gasteiger partial charge in [-0.05, 0) is 42.3 Å². The molecule has 3 heterocycles. The van der Waals surface area contributed by atoms with E-state index in [2.05, 4.69) is 20.2 Å². The molecule has 0 radical (unpaired) electrons. The van der Waals surface area contributed by atoms with Crippen molar-refractivity contribution in [1.29, 1.82) is 0 Å². The number of aromatic nitrogens is 5. The Labute approximate surface area is 263 Å². The van der Waals surface area contributed by atoms with Crippen LogP contribution in [-0.4, -0.2) is 37.5 Å². The number of benzene rings is 3. The second-order valence-electron chi connectivity index (χ2n) is 10.3. The van der Waals surface area contributed by atoms with Crippen molar-refractivity contribution in [2.24, 2.45) is 0 Å². The smallest absolute Gasteiger partial charge is 0.417 e. The molecule has 0 amide bonds. The molecule has 1 unspecified atom stereocenters. The van der Waals surface area contributed by atoms with Crippen molar-refractivity contribution in [3.8, 4) is 39.8 Å². The molecule has 0 aliphatic carbocycles. The van der Waals surface area contributed by atoms with Crippen LogP contribution in [0.1, 0.15) is 36.3 Å². The molecule has 2 aliphatic rings. The van der Waals surface area contributed by atoms with Gasteiger partial charge in [0.25, 0.3) is 0 Å². The first-order chi connectivity index (χ1) is 22.6. The number of ether oxygens (including phenoxy) is 2. The van der Waals surface area contributed by atoms with Gasteiger partial charge in [0.15, 0.2) is 23.2 Å². The summed E-state index contributed by atoms with van der Waals surface area (Å²) in [6.45, 7) is 1.93. The molecule has 1 atom stereocenters. The zero-order valence-electron chi connectivity index (χ0n) is 24.5. The maximum Gasteiger partial charge on any atom is 0.417 e. The summed E-state index contributed by atoms with van der Waals surface area (Å²) < 4.78 is 88.2. The minimum atomic E-state index is -4.76. The number of carbonyl (C=O) groups is 1. The number of alkyl halides is 3. The first-order valence-electron chi connectivity index (χ1n) is 14.3. The predicted octanol–water partition coefficient (Wildman–Crippen LogP) is 7.52. The van der Waals surface area contributed by atoms with Crippen molar-refractivity contribution >= 4 is 5.97 Å². The molecule has 240 valence electrons. The highest BCUT2D eigenvalue weighted by atomic mass is 19.4. The van der Waals surface area contributed by atoms with Crippen molar-refractivity contribution in [3.05, 3.63) is 114 Å². The molecule has 0 saturated heterocycles. The van der Waals surface area contributed by atoms with Crippen LogP contribution in [0.15, 0.2) is 89.7 Å². The van der Waals surface area contributed by atoms with Crippen LogP contribution in [0.3, 0.4) is 0 Å². The van der Waals surface area contributed by atoms with Gasteiger partial charge in [0.05, 0.1) is 30.1 Å². The van der Waals surface area contributed by atoms with Gasteiger partial charge in [-0.15, -0.1) is 0 Å². The quantitative estimate of drug-likeness (QED) is 0.111. The molecule has 0 spiro atoms. The van der Waals surface area contributed by atoms with Crippen molar-refractivity contribution in [2.75, 3.05) is 6.61 Å². The van der Waals surface area contributed by atoms with E-state index in [4.69, 9.17) is 14.0 Å². The third kappa shape index (κ3) is 6.66. The fourth-order valence-corrected chi connectivity index (χ4v) is 4.77. The van der Waals surface area contributed by atoms with Gasteiger partial charge in [0, 0.05) is 11.6 Å². The molecule has 3 aromatic carbocycles. The highest BCUT2D eigenvalue weighted by Crippen LogP contribution is 2.40. The van der Waals surface area contributed by atoms with Gasteiger partial charge in [-0.1, -0.05) is 48.5 Å². The Balaban J connectivity index is 1.39. The first-order valence-corrected chi connectivity index (χ1v) is 14.3. The summed E-state index contributed by atoms with van der Waals surface area (Å²) in [7, 11) is 0. The zero-order chi connectivity index (χ0) is 33.1. The number of halogens is 5. The van der Waals surface area contributed by atoms with E-state index in [1.807, 2.05) is 6.92 Å². The van der Waals surface area contributed by atoms with E-state index in [0.29, 0.717) is 12.0 Å². The molecule has 47 heavy (non-hydrogen) atoms. The number of rotatable bonds is 10. The van der Waals surface area contributed by atoms with Gasteiger partial charge in [-0.3, -0.25) is 0 Å². The van der Waals surface area contributed by atoms with Crippen molar-refractivity contribution in [2.45, 2.75) is 32.2 Å². The molecular formula is C33H24F5N5O4. The largest absolute Gasteiger partial charge is 0.494 e. The Morgan fingerprint density at radius 3 is 2.49 bits per heavy atom. The second kappa shape index (κ2) is 13.0. The number of imidazole rings is 1. The lowest BCUT2D eigenvalue weighted by Gasteiger charge is -2.16. The van der Waals surface area contributed by atoms with E-state index in [0.717, 1.165) is 16.8 Å². The summed E-state index contributed by atoms with van der Waals surface area (Å²) >= 11 is 0. The maximum absolute atomic E-state index is 14.5. The minimum absolute atomic E-state index is 0.0374. The van der Waals surface area contributed by atoms with Crippen LogP contribution in [0.2, 0.25) is 0 Å². The van der Waals surface area contributed by atoms with E-state index in [1.54, 1.807) is 30.3 Å². The summed E-state index contributed by atoms with van der Waals surface area (Å²) in [6.07, 6.45) is -1.60. The standard InChI is InChI=1S/C33H24F5N5O4/c1-2-13-45-20-11-12-21(23(14-20)33(36,37)38)25-15-28(47-42-25)30(32(44)46-18-19-7-4-3-5-8-19)43-17-27-26(16-39-43)40-31(41-27)22-9-6-10-24(34)29(22)35/h3-12,14-17,30H,2,13,18H2,1H3. The molecule has 1 aromatic heterocycles. The lowest BCUT2D eigenvalue weighted by molar-refractivity contribution is -0.148. The fourth-order valence-electron chi connectivity index (χ4n) is 4.77. The van der Waals surface area contributed by atoms with Crippen LogP contribution in [0.25, 0.3) is 34.0 Å². The van der Waals surface area contributed by atoms with Gasteiger partial charge in [0.2, 0.25) is 6.04 Å². The normalized spacial score (nSPS) is 12.3. The van der Waals surface area contributed by atoms with Gasteiger partial charge in [-0.2, -0.15) is 18.3 Å². The summed E-state index contributed by atoms with van der Waals surface area (Å²) in [5.41, 5.74) is -0.659. The van der Waals surface area contributed by atoms with E-state index in [9.17, 15) is 26.7 Å². The second-order valence-corrected chi connectivity index (χ2v) is 10.3. The fraction of sp³-hybridized carbons (Fsp3) is 0.182. The predicted molar refractivity (Wildman–Crippen MR) is 157 cm³/mol. The number of hydrogen-bond acceptors (Lipinski definition) is 8. The van der Waals surface area contributed by atoms with E-state index in [1.165, 1.54) is 42.7 Å². The Morgan fingerprint density at radius 1 is 0.936 bits per heavy atom. The van der Waals surface area contributed by atoms with Crippen LogP contribution in [-0.2, 0) is 22.3 Å². The number of nitrogens with zero attached hydrogens (tertiary/aromatic N) is 5. The average molecular weight is 650 g/mol. The van der Waals surface area contributed by atoms with Crippen LogP contribution in [0, 0.1) is 11.6 Å². The monoisotopic (exact) mass is 649 g/mol. The molecule has 0 N–H and O–H groups in total. The van der Waals surface area contributed by atoms with Gasteiger partial charge >= 0.3 is 12.1 Å². The van der Waals surface area contributed by atoms with E-state index in [-0.39, 0.29) is 58.8 Å². The number of hydrogen-bond donors (Lipinski definition) is 0. The molecule has 0 fully saturated rings. The van der Waals surface area contributed by atoms with Crippen LogP contribution in [0.5, 0.6) is 5.75 Å². The summed E-state index contributed by atoms with van der Waals surface area (Å²) in [5, 5.41) is 8.10.